The van der Waals surface area contributed by atoms with Crippen LogP contribution < -0.4 is 0 Å². The van der Waals surface area contributed by atoms with Gasteiger partial charge in [-0.1, -0.05) is 31.6 Å². The summed E-state index contributed by atoms with van der Waals surface area (Å²) in [6.45, 7) is 0. The zero-order chi connectivity index (χ0) is 11.8. The Kier molecular flexibility index (Phi) is 2.01. The number of rotatable bonds is 2. The summed E-state index contributed by atoms with van der Waals surface area (Å²) in [4.78, 5) is 10.2. The van der Waals surface area contributed by atoms with Gasteiger partial charge in [0.05, 0.1) is 5.69 Å². The van der Waals surface area contributed by atoms with Gasteiger partial charge in [-0.2, -0.15) is 4.99 Å². The highest BCUT2D eigenvalue weighted by atomic mass is 32.5. The van der Waals surface area contributed by atoms with Crippen molar-refractivity contribution in [2.75, 3.05) is 0 Å². The second-order valence-corrected chi connectivity index (χ2v) is 5.02. The van der Waals surface area contributed by atoms with Crippen LogP contribution in [0.5, 0.6) is 0 Å². The maximum atomic E-state index is 12.3. The number of benzene rings is 1. The van der Waals surface area contributed by atoms with Gasteiger partial charge >= 0.3 is 10.2 Å². The topological polar surface area (TPSA) is 29.4 Å². The van der Waals surface area contributed by atoms with Gasteiger partial charge in [0.25, 0.3) is 0 Å². The Morgan fingerprint density at radius 1 is 1.07 bits per heavy atom. The quantitative estimate of drug-likeness (QED) is 0.433. The molecule has 15 heavy (non-hydrogen) atoms. The maximum absolute atomic E-state index is 12.3. The van der Waals surface area contributed by atoms with E-state index in [2.05, 4.69) is 4.99 Å². The number of aliphatic imine (C=N–C) groups is 1. The molecule has 0 radical (unpaired) electrons. The number of para-hydroxylation sites is 1. The molecule has 2 nitrogen and oxygen atoms in total. The van der Waals surface area contributed by atoms with Crippen molar-refractivity contribution in [3.05, 3.63) is 24.3 Å². The van der Waals surface area contributed by atoms with Crippen molar-refractivity contribution < 1.29 is 24.2 Å². The average Bonchev–Trinajstić information content (AvgIpc) is 2.01. The van der Waals surface area contributed by atoms with Crippen LogP contribution in [0.15, 0.2) is 34.2 Å². The highest BCUT2D eigenvalue weighted by molar-refractivity contribution is 8.45. The lowest BCUT2D eigenvalue weighted by molar-refractivity contribution is 0.364. The zero-order valence-corrected chi connectivity index (χ0v) is 7.78. The minimum absolute atomic E-state index is 0.178. The Morgan fingerprint density at radius 2 is 1.60 bits per heavy atom. The van der Waals surface area contributed by atoms with Crippen molar-refractivity contribution in [1.82, 2.24) is 0 Å². The van der Waals surface area contributed by atoms with E-state index in [1.807, 2.05) is 0 Å². The molecule has 0 atom stereocenters. The van der Waals surface area contributed by atoms with Crippen molar-refractivity contribution in [3.8, 4) is 0 Å². The summed E-state index contributed by atoms with van der Waals surface area (Å²) in [6, 6.07) is 2.69. The minimum Gasteiger partial charge on any atom is -0.211 e. The second kappa shape index (κ2) is 2.59. The van der Waals surface area contributed by atoms with Gasteiger partial charge in [-0.05, 0) is 12.1 Å². The Morgan fingerprint density at radius 3 is 2.07 bits per heavy atom. The van der Waals surface area contributed by atoms with Gasteiger partial charge in [0.15, 0.2) is 0 Å². The smallest absolute Gasteiger partial charge is 0.211 e. The molecule has 0 fully saturated rings. The van der Waals surface area contributed by atoms with Crippen molar-refractivity contribution >= 4 is 22.0 Å². The second-order valence-electron chi connectivity index (χ2n) is 2.64. The van der Waals surface area contributed by atoms with Crippen LogP contribution in [-0.4, -0.2) is 6.08 Å². The lowest BCUT2D eigenvalue weighted by atomic mass is 10.3. The van der Waals surface area contributed by atoms with Gasteiger partial charge in [0, 0.05) is 0 Å². The van der Waals surface area contributed by atoms with E-state index < -0.39 is 20.8 Å². The highest BCUT2D eigenvalue weighted by Crippen LogP contribution is 3.02. The Balaban J connectivity index is 3.60. The molecule has 0 saturated carbocycles. The van der Waals surface area contributed by atoms with Gasteiger partial charge in [0.1, 0.15) is 4.90 Å². The van der Waals surface area contributed by atoms with Crippen molar-refractivity contribution in [3.63, 3.8) is 0 Å². The van der Waals surface area contributed by atoms with Crippen LogP contribution in [-0.2, 0) is 4.79 Å². The first kappa shape index (κ1) is 11.7. The molecule has 1 aromatic carbocycles. The summed E-state index contributed by atoms with van der Waals surface area (Å²) in [7, 11) is -9.79. The Labute approximate surface area is 81.2 Å². The van der Waals surface area contributed by atoms with Crippen LogP contribution in [0, 0.1) is 0 Å². The van der Waals surface area contributed by atoms with Crippen LogP contribution in [0.25, 0.3) is 0 Å². The maximum Gasteiger partial charge on any atom is 0.312 e. The molecule has 0 unspecified atom stereocenters. The largest absolute Gasteiger partial charge is 0.312 e. The fourth-order valence-electron chi connectivity index (χ4n) is 0.925. The monoisotopic (exact) mass is 245 g/mol. The van der Waals surface area contributed by atoms with E-state index in [4.69, 9.17) is 0 Å². The van der Waals surface area contributed by atoms with E-state index in [0.717, 1.165) is 18.2 Å². The highest BCUT2D eigenvalue weighted by Gasteiger charge is 2.66. The molecule has 0 N–H and O–H groups in total. The van der Waals surface area contributed by atoms with Gasteiger partial charge < -0.3 is 0 Å². The number of nitrogens with zero attached hydrogens (tertiary/aromatic N) is 1. The molecule has 0 amide bonds. The summed E-state index contributed by atoms with van der Waals surface area (Å²) in [5.74, 6) is 0. The van der Waals surface area contributed by atoms with E-state index >= 15 is 0 Å². The molecule has 0 bridgehead atoms. The van der Waals surface area contributed by atoms with Crippen molar-refractivity contribution in [2.45, 2.75) is 4.90 Å². The van der Waals surface area contributed by atoms with E-state index in [1.165, 1.54) is 0 Å². The predicted molar refractivity (Wildman–Crippen MR) is 45.6 cm³/mol. The lowest BCUT2D eigenvalue weighted by Crippen LogP contribution is -2.05. The number of halogens is 5. The van der Waals surface area contributed by atoms with E-state index in [-0.39, 0.29) is 6.07 Å². The summed E-state index contributed by atoms with van der Waals surface area (Å²) < 4.78 is 61.7. The van der Waals surface area contributed by atoms with Gasteiger partial charge in [-0.25, -0.2) is 4.79 Å². The third-order valence-corrected chi connectivity index (χ3v) is 2.62. The molecular weight excluding hydrogens is 241 g/mol. The third-order valence-electron chi connectivity index (χ3n) is 1.45. The molecule has 1 rings (SSSR count). The first-order chi connectivity index (χ1) is 6.54. The standard InChI is InChI=1S/C7H4F5NOS/c8-15(9,10,11,12)7-4-2-1-3-6(7)13-5-14/h1-4H. The van der Waals surface area contributed by atoms with Crippen LogP contribution in [0.4, 0.5) is 25.1 Å². The number of hydrogen-bond acceptors (Lipinski definition) is 2. The lowest BCUT2D eigenvalue weighted by Gasteiger charge is -2.40. The van der Waals surface area contributed by atoms with Gasteiger partial charge in [0.2, 0.25) is 6.08 Å². The van der Waals surface area contributed by atoms with Crippen molar-refractivity contribution in [2.24, 2.45) is 4.99 Å². The molecule has 0 aromatic heterocycles. The third kappa shape index (κ3) is 2.77. The molecule has 0 heterocycles. The van der Waals surface area contributed by atoms with Crippen LogP contribution in [0.2, 0.25) is 0 Å². The van der Waals surface area contributed by atoms with Gasteiger partial charge in [-0.3, -0.25) is 0 Å². The Bertz CT molecular complexity index is 447. The summed E-state index contributed by atoms with van der Waals surface area (Å²) in [5.41, 5.74) is -1.13. The van der Waals surface area contributed by atoms with Crippen LogP contribution >= 0.6 is 10.2 Å². The predicted octanol–water partition coefficient (Wildman–Crippen LogP) is 4.31. The van der Waals surface area contributed by atoms with Gasteiger partial charge in [-0.15, -0.1) is 0 Å². The molecule has 8 heteroatoms. The average molecular weight is 245 g/mol. The molecule has 1 aromatic rings. The number of isocyanates is 1. The molecular formula is C7H4F5NOS. The zero-order valence-electron chi connectivity index (χ0n) is 6.96. The molecule has 0 aliphatic heterocycles. The minimum atomic E-state index is -9.79. The van der Waals surface area contributed by atoms with Crippen LogP contribution in [0.3, 0.4) is 0 Å². The summed E-state index contributed by atoms with van der Waals surface area (Å²) >= 11 is 0. The number of carbonyl (C=O) groups excluding carboxylic acids is 1. The normalized spacial score (nSPS) is 16.1. The first-order valence-electron chi connectivity index (χ1n) is 3.45. The van der Waals surface area contributed by atoms with Crippen LogP contribution in [0.1, 0.15) is 0 Å². The fourth-order valence-corrected chi connectivity index (χ4v) is 1.77. The molecule has 0 spiro atoms. The van der Waals surface area contributed by atoms with E-state index in [1.54, 1.807) is 0 Å². The molecule has 0 aliphatic carbocycles. The summed E-state index contributed by atoms with van der Waals surface area (Å²) in [5, 5.41) is 0. The molecule has 0 saturated heterocycles. The SMILES string of the molecule is O=C=Nc1ccccc1S(F)(F)(F)(F)F. The van der Waals surface area contributed by atoms with E-state index in [0.29, 0.717) is 6.07 Å². The first-order valence-corrected chi connectivity index (χ1v) is 5.41. The number of hydrogen-bond donors (Lipinski definition) is 0. The fraction of sp³-hybridized carbons (Fsp3) is 0. The van der Waals surface area contributed by atoms with E-state index in [9.17, 15) is 24.2 Å². The van der Waals surface area contributed by atoms with Crippen molar-refractivity contribution in [1.29, 1.82) is 0 Å². The molecule has 84 valence electrons. The molecule has 0 aliphatic rings. The Hall–Kier alpha value is -1.40. The summed E-state index contributed by atoms with van der Waals surface area (Å²) in [6.07, 6.45) is 0.791.